The molecule has 2 amide bonds. The van der Waals surface area contributed by atoms with Crippen molar-refractivity contribution in [3.05, 3.63) is 29.8 Å². The van der Waals surface area contributed by atoms with E-state index in [0.717, 1.165) is 11.3 Å². The Morgan fingerprint density at radius 2 is 1.81 bits per heavy atom. The second kappa shape index (κ2) is 7.67. The van der Waals surface area contributed by atoms with E-state index in [0.29, 0.717) is 6.54 Å². The maximum absolute atomic E-state index is 12.2. The number of methoxy groups -OCH3 is 1. The molecule has 0 aliphatic carbocycles. The smallest absolute Gasteiger partial charge is 0.312 e. The number of carbonyl (C=O) groups excluding carboxylic acids is 2. The molecular formula is C16H24N2O3. The summed E-state index contributed by atoms with van der Waals surface area (Å²) in [5.41, 5.74) is 0.885. The van der Waals surface area contributed by atoms with E-state index in [2.05, 4.69) is 5.32 Å². The molecule has 0 unspecified atom stereocenters. The van der Waals surface area contributed by atoms with E-state index < -0.39 is 11.8 Å². The molecule has 116 valence electrons. The van der Waals surface area contributed by atoms with E-state index in [1.165, 1.54) is 0 Å². The highest BCUT2D eigenvalue weighted by molar-refractivity contribution is 6.35. The highest BCUT2D eigenvalue weighted by atomic mass is 16.5. The molecule has 1 aromatic carbocycles. The quantitative estimate of drug-likeness (QED) is 0.844. The number of rotatable bonds is 5. The van der Waals surface area contributed by atoms with E-state index in [4.69, 9.17) is 4.74 Å². The molecule has 1 rings (SSSR count). The first kappa shape index (κ1) is 17.0. The number of ether oxygens (including phenoxy) is 1. The van der Waals surface area contributed by atoms with Gasteiger partial charge in [0.2, 0.25) is 0 Å². The molecule has 0 aromatic heterocycles. The zero-order valence-corrected chi connectivity index (χ0v) is 13.3. The fourth-order valence-corrected chi connectivity index (χ4v) is 2.22. The van der Waals surface area contributed by atoms with Crippen LogP contribution in [-0.4, -0.2) is 35.9 Å². The fraction of sp³-hybridized carbons (Fsp3) is 0.500. The van der Waals surface area contributed by atoms with Crippen molar-refractivity contribution in [3.63, 3.8) is 0 Å². The van der Waals surface area contributed by atoms with E-state index in [1.54, 1.807) is 12.0 Å². The molecule has 5 heteroatoms. The normalized spacial score (nSPS) is 10.6. The van der Waals surface area contributed by atoms with Gasteiger partial charge in [-0.05, 0) is 45.4 Å². The Kier molecular flexibility index (Phi) is 6.21. The molecule has 0 heterocycles. The van der Waals surface area contributed by atoms with Gasteiger partial charge in [-0.1, -0.05) is 12.1 Å². The van der Waals surface area contributed by atoms with Gasteiger partial charge in [0.1, 0.15) is 5.75 Å². The number of carbonyl (C=O) groups is 2. The fourth-order valence-electron chi connectivity index (χ4n) is 2.22. The summed E-state index contributed by atoms with van der Waals surface area (Å²) in [6, 6.07) is 7.34. The average molecular weight is 292 g/mol. The van der Waals surface area contributed by atoms with Crippen molar-refractivity contribution in [3.8, 4) is 5.75 Å². The summed E-state index contributed by atoms with van der Waals surface area (Å²) in [5.74, 6) is -0.359. The van der Waals surface area contributed by atoms with Crippen molar-refractivity contribution < 1.29 is 14.3 Å². The molecular weight excluding hydrogens is 268 g/mol. The van der Waals surface area contributed by atoms with Crippen LogP contribution in [0.4, 0.5) is 0 Å². The van der Waals surface area contributed by atoms with Gasteiger partial charge in [-0.25, -0.2) is 0 Å². The molecule has 5 nitrogen and oxygen atoms in total. The Hall–Kier alpha value is -2.04. The monoisotopic (exact) mass is 292 g/mol. The van der Waals surface area contributed by atoms with Crippen molar-refractivity contribution in [1.29, 1.82) is 0 Å². The van der Waals surface area contributed by atoms with Crippen LogP contribution in [0.1, 0.15) is 33.3 Å². The third-order valence-electron chi connectivity index (χ3n) is 3.13. The largest absolute Gasteiger partial charge is 0.497 e. The first-order valence-electron chi connectivity index (χ1n) is 7.10. The van der Waals surface area contributed by atoms with Crippen LogP contribution in [0, 0.1) is 0 Å². The standard InChI is InChI=1S/C16H24N2O3/c1-11(2)18(12(3)4)16(20)15(19)17-10-13-7-6-8-14(9-13)21-5/h6-9,11-12H,10H2,1-5H3,(H,17,19). The molecule has 0 spiro atoms. The molecule has 0 saturated heterocycles. The Labute approximate surface area is 126 Å². The molecule has 0 saturated carbocycles. The molecule has 0 bridgehead atoms. The summed E-state index contributed by atoms with van der Waals surface area (Å²) < 4.78 is 5.12. The molecule has 0 aliphatic heterocycles. The lowest BCUT2D eigenvalue weighted by Crippen LogP contribution is -2.49. The van der Waals surface area contributed by atoms with Gasteiger partial charge < -0.3 is 15.0 Å². The maximum Gasteiger partial charge on any atom is 0.312 e. The zero-order chi connectivity index (χ0) is 16.0. The van der Waals surface area contributed by atoms with Crippen LogP contribution in [0.5, 0.6) is 5.75 Å². The third kappa shape index (κ3) is 4.77. The van der Waals surface area contributed by atoms with Crippen LogP contribution >= 0.6 is 0 Å². The summed E-state index contributed by atoms with van der Waals surface area (Å²) in [7, 11) is 1.59. The Balaban J connectivity index is 2.66. The van der Waals surface area contributed by atoms with Crippen LogP contribution in [0.2, 0.25) is 0 Å². The number of benzene rings is 1. The summed E-state index contributed by atoms with van der Waals surface area (Å²) in [4.78, 5) is 25.7. The second-order valence-electron chi connectivity index (χ2n) is 5.43. The lowest BCUT2D eigenvalue weighted by molar-refractivity contribution is -0.148. The highest BCUT2D eigenvalue weighted by Crippen LogP contribution is 2.12. The number of nitrogens with one attached hydrogen (secondary N) is 1. The van der Waals surface area contributed by atoms with Gasteiger partial charge in [-0.3, -0.25) is 9.59 Å². The molecule has 0 aliphatic rings. The van der Waals surface area contributed by atoms with Crippen molar-refractivity contribution in [2.45, 2.75) is 46.3 Å². The Bertz CT molecular complexity index is 490. The van der Waals surface area contributed by atoms with E-state index >= 15 is 0 Å². The molecule has 0 fully saturated rings. The van der Waals surface area contributed by atoms with Crippen molar-refractivity contribution in [2.24, 2.45) is 0 Å². The van der Waals surface area contributed by atoms with Gasteiger partial charge >= 0.3 is 11.8 Å². The first-order chi connectivity index (χ1) is 9.86. The minimum atomic E-state index is -0.583. The van der Waals surface area contributed by atoms with E-state index in [1.807, 2.05) is 52.0 Å². The van der Waals surface area contributed by atoms with Crippen LogP contribution in [0.15, 0.2) is 24.3 Å². The SMILES string of the molecule is COc1cccc(CNC(=O)C(=O)N(C(C)C)C(C)C)c1. The van der Waals surface area contributed by atoms with Gasteiger partial charge in [-0.15, -0.1) is 0 Å². The van der Waals surface area contributed by atoms with Crippen LogP contribution in [0.25, 0.3) is 0 Å². The molecule has 1 aromatic rings. The maximum atomic E-state index is 12.2. The predicted octanol–water partition coefficient (Wildman–Crippen LogP) is 1.96. The first-order valence-corrected chi connectivity index (χ1v) is 7.10. The molecule has 0 atom stereocenters. The predicted molar refractivity (Wildman–Crippen MR) is 82.0 cm³/mol. The summed E-state index contributed by atoms with van der Waals surface area (Å²) >= 11 is 0. The molecule has 0 radical (unpaired) electrons. The van der Waals surface area contributed by atoms with Gasteiger partial charge in [0.25, 0.3) is 0 Å². The van der Waals surface area contributed by atoms with Gasteiger partial charge in [0.15, 0.2) is 0 Å². The number of hydrogen-bond donors (Lipinski definition) is 1. The van der Waals surface area contributed by atoms with E-state index in [-0.39, 0.29) is 12.1 Å². The van der Waals surface area contributed by atoms with Crippen molar-refractivity contribution in [2.75, 3.05) is 7.11 Å². The lowest BCUT2D eigenvalue weighted by Gasteiger charge is -2.29. The third-order valence-corrected chi connectivity index (χ3v) is 3.13. The minimum absolute atomic E-state index is 0.0138. The Morgan fingerprint density at radius 3 is 2.33 bits per heavy atom. The van der Waals surface area contributed by atoms with Crippen LogP contribution < -0.4 is 10.1 Å². The van der Waals surface area contributed by atoms with Gasteiger partial charge in [0, 0.05) is 18.6 Å². The molecule has 1 N–H and O–H groups in total. The summed E-state index contributed by atoms with van der Waals surface area (Å²) in [6.07, 6.45) is 0. The topological polar surface area (TPSA) is 58.6 Å². The van der Waals surface area contributed by atoms with Crippen molar-refractivity contribution in [1.82, 2.24) is 10.2 Å². The second-order valence-corrected chi connectivity index (χ2v) is 5.43. The zero-order valence-electron chi connectivity index (χ0n) is 13.3. The van der Waals surface area contributed by atoms with Gasteiger partial charge in [0.05, 0.1) is 7.11 Å². The van der Waals surface area contributed by atoms with Crippen LogP contribution in [0.3, 0.4) is 0 Å². The average Bonchev–Trinajstić information content (AvgIpc) is 2.44. The Morgan fingerprint density at radius 1 is 1.19 bits per heavy atom. The van der Waals surface area contributed by atoms with Crippen molar-refractivity contribution >= 4 is 11.8 Å². The highest BCUT2D eigenvalue weighted by Gasteiger charge is 2.25. The summed E-state index contributed by atoms with van der Waals surface area (Å²) in [6.45, 7) is 7.88. The van der Waals surface area contributed by atoms with Crippen LogP contribution in [-0.2, 0) is 16.1 Å². The number of nitrogens with zero attached hydrogens (tertiary/aromatic N) is 1. The summed E-state index contributed by atoms with van der Waals surface area (Å²) in [5, 5.41) is 2.65. The van der Waals surface area contributed by atoms with Gasteiger partial charge in [-0.2, -0.15) is 0 Å². The number of amides is 2. The van der Waals surface area contributed by atoms with E-state index in [9.17, 15) is 9.59 Å². The molecule has 21 heavy (non-hydrogen) atoms. The lowest BCUT2D eigenvalue weighted by atomic mass is 10.2. The number of hydrogen-bond acceptors (Lipinski definition) is 3. The minimum Gasteiger partial charge on any atom is -0.497 e.